The minimum Gasteiger partial charge on any atom is -0.382 e. The molecule has 1 amide bonds. The van der Waals surface area contributed by atoms with Gasteiger partial charge in [0.25, 0.3) is 5.91 Å². The van der Waals surface area contributed by atoms with Crippen molar-refractivity contribution in [1.29, 1.82) is 0 Å². The van der Waals surface area contributed by atoms with Crippen molar-refractivity contribution < 1.29 is 4.79 Å². The van der Waals surface area contributed by atoms with Crippen LogP contribution in [0.25, 0.3) is 0 Å². The van der Waals surface area contributed by atoms with E-state index in [0.29, 0.717) is 15.7 Å². The SMILES string of the molecule is CCCNc1nc(N)c(C(=O)Nc2cccnc2C)s1. The van der Waals surface area contributed by atoms with E-state index in [0.717, 1.165) is 18.7 Å². The molecule has 0 aromatic carbocycles. The second-order valence-electron chi connectivity index (χ2n) is 4.25. The molecule has 7 heteroatoms. The second kappa shape index (κ2) is 6.33. The molecule has 4 N–H and O–H groups in total. The summed E-state index contributed by atoms with van der Waals surface area (Å²) in [7, 11) is 0. The number of hydrogen-bond acceptors (Lipinski definition) is 6. The molecule has 2 rings (SSSR count). The number of carbonyl (C=O) groups excluding carboxylic acids is 1. The van der Waals surface area contributed by atoms with Crippen LogP contribution in [0.5, 0.6) is 0 Å². The zero-order valence-electron chi connectivity index (χ0n) is 11.4. The molecule has 0 bridgehead atoms. The Bertz CT molecular complexity index is 611. The summed E-state index contributed by atoms with van der Waals surface area (Å²) in [6.45, 7) is 4.69. The Kier molecular flexibility index (Phi) is 4.52. The highest BCUT2D eigenvalue weighted by atomic mass is 32.1. The van der Waals surface area contributed by atoms with Crippen LogP contribution in [-0.4, -0.2) is 22.4 Å². The third-order valence-corrected chi connectivity index (χ3v) is 3.67. The van der Waals surface area contributed by atoms with Crippen LogP contribution in [0, 0.1) is 6.92 Å². The van der Waals surface area contributed by atoms with Gasteiger partial charge in [0.2, 0.25) is 0 Å². The number of thiazole rings is 1. The lowest BCUT2D eigenvalue weighted by molar-refractivity contribution is 0.103. The predicted octanol–water partition coefficient (Wildman–Crippen LogP) is 2.50. The molecule has 0 unspecified atom stereocenters. The largest absolute Gasteiger partial charge is 0.382 e. The fraction of sp³-hybridized carbons (Fsp3) is 0.308. The molecule has 0 aliphatic carbocycles. The van der Waals surface area contributed by atoms with Crippen LogP contribution in [0.1, 0.15) is 28.7 Å². The van der Waals surface area contributed by atoms with Crippen molar-refractivity contribution >= 4 is 33.9 Å². The number of nitrogens with one attached hydrogen (secondary N) is 2. The van der Waals surface area contributed by atoms with Gasteiger partial charge in [-0.15, -0.1) is 0 Å². The number of anilines is 3. The molecule has 0 spiro atoms. The van der Waals surface area contributed by atoms with Crippen molar-refractivity contribution in [1.82, 2.24) is 9.97 Å². The number of pyridine rings is 1. The second-order valence-corrected chi connectivity index (χ2v) is 5.25. The summed E-state index contributed by atoms with van der Waals surface area (Å²) in [5, 5.41) is 6.58. The average molecular weight is 291 g/mol. The molecule has 0 saturated heterocycles. The highest BCUT2D eigenvalue weighted by Gasteiger charge is 2.16. The zero-order chi connectivity index (χ0) is 14.5. The van der Waals surface area contributed by atoms with Crippen molar-refractivity contribution in [2.45, 2.75) is 20.3 Å². The number of hydrogen-bond donors (Lipinski definition) is 3. The van der Waals surface area contributed by atoms with Crippen molar-refractivity contribution in [3.63, 3.8) is 0 Å². The molecular weight excluding hydrogens is 274 g/mol. The van der Waals surface area contributed by atoms with Crippen LogP contribution in [0.15, 0.2) is 18.3 Å². The minimum absolute atomic E-state index is 0.243. The van der Waals surface area contributed by atoms with Crippen LogP contribution in [-0.2, 0) is 0 Å². The Morgan fingerprint density at radius 2 is 2.30 bits per heavy atom. The van der Waals surface area contributed by atoms with Crippen LogP contribution in [0.3, 0.4) is 0 Å². The molecule has 0 radical (unpaired) electrons. The number of nitrogens with two attached hydrogens (primary N) is 1. The Morgan fingerprint density at radius 1 is 1.50 bits per heavy atom. The molecule has 0 aliphatic rings. The van der Waals surface area contributed by atoms with Gasteiger partial charge in [0.05, 0.1) is 11.4 Å². The highest BCUT2D eigenvalue weighted by Crippen LogP contribution is 2.26. The van der Waals surface area contributed by atoms with E-state index in [4.69, 9.17) is 5.73 Å². The number of amides is 1. The van der Waals surface area contributed by atoms with Gasteiger partial charge in [-0.1, -0.05) is 18.3 Å². The van der Waals surface area contributed by atoms with E-state index in [9.17, 15) is 4.79 Å². The Hall–Kier alpha value is -2.15. The smallest absolute Gasteiger partial charge is 0.269 e. The summed E-state index contributed by atoms with van der Waals surface area (Å²) >= 11 is 1.25. The fourth-order valence-corrected chi connectivity index (χ4v) is 2.40. The Morgan fingerprint density at radius 3 is 3.00 bits per heavy atom. The average Bonchev–Trinajstić information content (AvgIpc) is 2.80. The monoisotopic (exact) mass is 291 g/mol. The fourth-order valence-electron chi connectivity index (χ4n) is 1.60. The molecule has 0 fully saturated rings. The van der Waals surface area contributed by atoms with Gasteiger partial charge >= 0.3 is 0 Å². The van der Waals surface area contributed by atoms with E-state index in [1.54, 1.807) is 18.3 Å². The molecule has 0 saturated carbocycles. The van der Waals surface area contributed by atoms with E-state index < -0.39 is 0 Å². The molecule has 2 heterocycles. The molecule has 2 aromatic rings. The summed E-state index contributed by atoms with van der Waals surface area (Å²) in [4.78, 5) is 20.9. The first-order chi connectivity index (χ1) is 9.61. The quantitative estimate of drug-likeness (QED) is 0.787. The summed E-state index contributed by atoms with van der Waals surface area (Å²) in [5.41, 5.74) is 7.22. The van der Waals surface area contributed by atoms with Gasteiger partial charge in [-0.25, -0.2) is 4.98 Å². The molecule has 2 aromatic heterocycles. The lowest BCUT2D eigenvalue weighted by Gasteiger charge is -2.05. The molecule has 0 atom stereocenters. The van der Waals surface area contributed by atoms with E-state index in [1.807, 2.05) is 6.92 Å². The van der Waals surface area contributed by atoms with E-state index in [2.05, 4.69) is 27.5 Å². The predicted molar refractivity (Wildman–Crippen MR) is 82.2 cm³/mol. The van der Waals surface area contributed by atoms with Crippen LogP contribution >= 0.6 is 11.3 Å². The maximum Gasteiger partial charge on any atom is 0.269 e. The van der Waals surface area contributed by atoms with Crippen LogP contribution in [0.2, 0.25) is 0 Å². The van der Waals surface area contributed by atoms with Crippen LogP contribution in [0.4, 0.5) is 16.6 Å². The van der Waals surface area contributed by atoms with Crippen LogP contribution < -0.4 is 16.4 Å². The number of nitrogens with zero attached hydrogens (tertiary/aromatic N) is 2. The van der Waals surface area contributed by atoms with Crippen molar-refractivity contribution in [3.8, 4) is 0 Å². The molecule has 6 nitrogen and oxygen atoms in total. The standard InChI is InChI=1S/C13H17N5OS/c1-3-6-16-13-18-11(14)10(20-13)12(19)17-9-5-4-7-15-8(9)2/h4-5,7H,3,6,14H2,1-2H3,(H,16,18)(H,17,19). The number of aromatic nitrogens is 2. The first kappa shape index (κ1) is 14.3. The third-order valence-electron chi connectivity index (χ3n) is 2.64. The minimum atomic E-state index is -0.263. The van der Waals surface area contributed by atoms with E-state index in [-0.39, 0.29) is 11.7 Å². The summed E-state index contributed by atoms with van der Waals surface area (Å²) in [6, 6.07) is 3.57. The molecule has 106 valence electrons. The van der Waals surface area contributed by atoms with Gasteiger partial charge in [-0.3, -0.25) is 9.78 Å². The van der Waals surface area contributed by atoms with Gasteiger partial charge in [-0.05, 0) is 25.5 Å². The first-order valence-corrected chi connectivity index (χ1v) is 7.16. The third kappa shape index (κ3) is 3.24. The summed E-state index contributed by atoms with van der Waals surface area (Å²) in [5.74, 6) is -0.0201. The Labute approximate surface area is 121 Å². The molecule has 0 aliphatic heterocycles. The number of aryl methyl sites for hydroxylation is 1. The lowest BCUT2D eigenvalue weighted by atomic mass is 10.3. The zero-order valence-corrected chi connectivity index (χ0v) is 12.3. The number of rotatable bonds is 5. The number of nitrogen functional groups attached to an aromatic ring is 1. The maximum absolute atomic E-state index is 12.2. The molecule has 20 heavy (non-hydrogen) atoms. The van der Waals surface area contributed by atoms with Gasteiger partial charge in [0, 0.05) is 12.7 Å². The summed E-state index contributed by atoms with van der Waals surface area (Å²) in [6.07, 6.45) is 2.66. The van der Waals surface area contributed by atoms with Crippen molar-refractivity contribution in [3.05, 3.63) is 28.9 Å². The maximum atomic E-state index is 12.2. The topological polar surface area (TPSA) is 92.9 Å². The number of carbonyl (C=O) groups is 1. The lowest BCUT2D eigenvalue weighted by Crippen LogP contribution is -2.13. The highest BCUT2D eigenvalue weighted by molar-refractivity contribution is 7.18. The first-order valence-electron chi connectivity index (χ1n) is 6.35. The molecular formula is C13H17N5OS. The Balaban J connectivity index is 2.13. The van der Waals surface area contributed by atoms with E-state index in [1.165, 1.54) is 11.3 Å². The van der Waals surface area contributed by atoms with Gasteiger partial charge in [0.1, 0.15) is 10.7 Å². The summed E-state index contributed by atoms with van der Waals surface area (Å²) < 4.78 is 0. The van der Waals surface area contributed by atoms with Gasteiger partial charge in [0.15, 0.2) is 5.13 Å². The van der Waals surface area contributed by atoms with Crippen molar-refractivity contribution in [2.75, 3.05) is 22.9 Å². The van der Waals surface area contributed by atoms with E-state index >= 15 is 0 Å². The van der Waals surface area contributed by atoms with Gasteiger partial charge < -0.3 is 16.4 Å². The van der Waals surface area contributed by atoms with Crippen molar-refractivity contribution in [2.24, 2.45) is 0 Å². The normalized spacial score (nSPS) is 10.3. The van der Waals surface area contributed by atoms with Gasteiger partial charge in [-0.2, -0.15) is 0 Å².